The van der Waals surface area contributed by atoms with Gasteiger partial charge in [-0.05, 0) is 20.8 Å². The lowest BCUT2D eigenvalue weighted by Crippen LogP contribution is -2.54. The molecule has 1 heterocycles. The van der Waals surface area contributed by atoms with E-state index < -0.39 is 17.4 Å². The van der Waals surface area contributed by atoms with Gasteiger partial charge in [0, 0.05) is 39.6 Å². The molecule has 0 radical (unpaired) electrons. The molecule has 1 fully saturated rings. The fourth-order valence-electron chi connectivity index (χ4n) is 2.31. The van der Waals surface area contributed by atoms with Crippen molar-refractivity contribution < 1.29 is 19.5 Å². The summed E-state index contributed by atoms with van der Waals surface area (Å²) in [6, 6.07) is -0.897. The first-order chi connectivity index (χ1) is 9.63. The van der Waals surface area contributed by atoms with Crippen LogP contribution in [0.25, 0.3) is 0 Å². The predicted octanol–water partition coefficient (Wildman–Crippen LogP) is -0.234. The normalized spacial score (nSPS) is 18.2. The van der Waals surface area contributed by atoms with Gasteiger partial charge in [-0.3, -0.25) is 19.3 Å². The van der Waals surface area contributed by atoms with E-state index in [1.165, 1.54) is 6.92 Å². The van der Waals surface area contributed by atoms with Gasteiger partial charge < -0.3 is 15.3 Å². The highest BCUT2D eigenvalue weighted by molar-refractivity contribution is 5.86. The standard InChI is InChI=1S/C14H25N3O4/c1-10(12(19)20)15-13(21)14(3,4)9-16-5-7-17(8-6-16)11(2)18/h10H,5-9H2,1-4H3,(H,15,21)(H,19,20). The van der Waals surface area contributed by atoms with Crippen molar-refractivity contribution in [3.05, 3.63) is 0 Å². The molecule has 2 amide bonds. The average Bonchev–Trinajstić information content (AvgIpc) is 2.38. The molecule has 0 aromatic heterocycles. The molecule has 1 aliphatic rings. The summed E-state index contributed by atoms with van der Waals surface area (Å²) in [6.07, 6.45) is 0. The molecule has 1 rings (SSSR count). The van der Waals surface area contributed by atoms with Crippen molar-refractivity contribution in [2.75, 3.05) is 32.7 Å². The summed E-state index contributed by atoms with van der Waals surface area (Å²) < 4.78 is 0. The first kappa shape index (κ1) is 17.4. The zero-order valence-corrected chi connectivity index (χ0v) is 13.2. The molecule has 1 unspecified atom stereocenters. The molecular formula is C14H25N3O4. The average molecular weight is 299 g/mol. The van der Waals surface area contributed by atoms with Crippen LogP contribution in [-0.4, -0.2) is 71.5 Å². The minimum absolute atomic E-state index is 0.0712. The molecule has 0 spiro atoms. The van der Waals surface area contributed by atoms with E-state index in [2.05, 4.69) is 10.2 Å². The van der Waals surface area contributed by atoms with Crippen LogP contribution in [0.5, 0.6) is 0 Å². The highest BCUT2D eigenvalue weighted by Gasteiger charge is 2.33. The molecule has 2 N–H and O–H groups in total. The second kappa shape index (κ2) is 6.89. The third kappa shape index (κ3) is 5.00. The fourth-order valence-corrected chi connectivity index (χ4v) is 2.31. The Morgan fingerprint density at radius 2 is 1.71 bits per heavy atom. The number of carboxylic acid groups (broad SMARTS) is 1. The van der Waals surface area contributed by atoms with Gasteiger partial charge >= 0.3 is 5.97 Å². The Hall–Kier alpha value is -1.63. The molecule has 1 saturated heterocycles. The van der Waals surface area contributed by atoms with Crippen molar-refractivity contribution in [1.29, 1.82) is 0 Å². The van der Waals surface area contributed by atoms with Crippen LogP contribution in [0.2, 0.25) is 0 Å². The number of carbonyl (C=O) groups is 3. The number of carboxylic acids is 1. The third-order valence-corrected chi connectivity index (χ3v) is 3.77. The van der Waals surface area contributed by atoms with E-state index in [0.717, 1.165) is 13.1 Å². The maximum atomic E-state index is 12.2. The van der Waals surface area contributed by atoms with Crippen molar-refractivity contribution in [3.63, 3.8) is 0 Å². The van der Waals surface area contributed by atoms with Gasteiger partial charge in [-0.2, -0.15) is 0 Å². The number of aliphatic carboxylic acids is 1. The van der Waals surface area contributed by atoms with Gasteiger partial charge in [-0.25, -0.2) is 0 Å². The molecule has 120 valence electrons. The predicted molar refractivity (Wildman–Crippen MR) is 77.7 cm³/mol. The molecule has 0 bridgehead atoms. The quantitative estimate of drug-likeness (QED) is 0.731. The Labute approximate surface area is 125 Å². The third-order valence-electron chi connectivity index (χ3n) is 3.77. The number of nitrogens with one attached hydrogen (secondary N) is 1. The molecular weight excluding hydrogens is 274 g/mol. The second-order valence-electron chi connectivity index (χ2n) is 6.20. The van der Waals surface area contributed by atoms with Gasteiger partial charge in [0.05, 0.1) is 5.41 Å². The number of nitrogens with zero attached hydrogens (tertiary/aromatic N) is 2. The number of hydrogen-bond acceptors (Lipinski definition) is 4. The summed E-state index contributed by atoms with van der Waals surface area (Å²) in [4.78, 5) is 38.1. The van der Waals surface area contributed by atoms with Gasteiger partial charge in [-0.1, -0.05) is 0 Å². The van der Waals surface area contributed by atoms with E-state index in [9.17, 15) is 14.4 Å². The van der Waals surface area contributed by atoms with Gasteiger partial charge in [-0.15, -0.1) is 0 Å². The Morgan fingerprint density at radius 3 is 2.14 bits per heavy atom. The smallest absolute Gasteiger partial charge is 0.325 e. The van der Waals surface area contributed by atoms with E-state index in [4.69, 9.17) is 5.11 Å². The summed E-state index contributed by atoms with van der Waals surface area (Å²) in [5.74, 6) is -1.25. The monoisotopic (exact) mass is 299 g/mol. The van der Waals surface area contributed by atoms with Crippen LogP contribution in [-0.2, 0) is 14.4 Å². The van der Waals surface area contributed by atoms with Gasteiger partial charge in [0.15, 0.2) is 0 Å². The van der Waals surface area contributed by atoms with Crippen molar-refractivity contribution >= 4 is 17.8 Å². The van der Waals surface area contributed by atoms with Crippen LogP contribution in [0.4, 0.5) is 0 Å². The van der Waals surface area contributed by atoms with E-state index in [1.807, 2.05) is 0 Å². The van der Waals surface area contributed by atoms with Crippen LogP contribution in [0.1, 0.15) is 27.7 Å². The van der Waals surface area contributed by atoms with Crippen LogP contribution >= 0.6 is 0 Å². The van der Waals surface area contributed by atoms with Crippen molar-refractivity contribution in [3.8, 4) is 0 Å². The summed E-state index contributed by atoms with van der Waals surface area (Å²) in [5.41, 5.74) is -0.678. The number of rotatable bonds is 5. The summed E-state index contributed by atoms with van der Waals surface area (Å²) >= 11 is 0. The highest BCUT2D eigenvalue weighted by Crippen LogP contribution is 2.19. The molecule has 7 heteroatoms. The van der Waals surface area contributed by atoms with Crippen molar-refractivity contribution in [2.24, 2.45) is 5.41 Å². The largest absolute Gasteiger partial charge is 0.480 e. The Kier molecular flexibility index (Phi) is 5.71. The van der Waals surface area contributed by atoms with Crippen LogP contribution in [0.3, 0.4) is 0 Å². The Morgan fingerprint density at radius 1 is 1.19 bits per heavy atom. The number of piperazine rings is 1. The van der Waals surface area contributed by atoms with E-state index >= 15 is 0 Å². The van der Waals surface area contributed by atoms with Crippen molar-refractivity contribution in [1.82, 2.24) is 15.1 Å². The minimum atomic E-state index is -1.05. The lowest BCUT2D eigenvalue weighted by molar-refractivity contribution is -0.143. The number of amides is 2. The molecule has 0 aliphatic carbocycles. The molecule has 21 heavy (non-hydrogen) atoms. The first-order valence-corrected chi connectivity index (χ1v) is 7.15. The lowest BCUT2D eigenvalue weighted by atomic mass is 9.90. The summed E-state index contributed by atoms with van der Waals surface area (Å²) in [5, 5.41) is 11.3. The SMILES string of the molecule is CC(=O)N1CCN(CC(C)(C)C(=O)NC(C)C(=O)O)CC1. The van der Waals surface area contributed by atoms with E-state index in [0.29, 0.717) is 19.6 Å². The molecule has 0 aromatic rings. The lowest BCUT2D eigenvalue weighted by Gasteiger charge is -2.38. The molecule has 0 aromatic carbocycles. The second-order valence-corrected chi connectivity index (χ2v) is 6.20. The molecule has 7 nitrogen and oxygen atoms in total. The Balaban J connectivity index is 2.51. The summed E-state index contributed by atoms with van der Waals surface area (Å²) in [6.45, 7) is 9.92. The zero-order chi connectivity index (χ0) is 16.2. The summed E-state index contributed by atoms with van der Waals surface area (Å²) in [7, 11) is 0. The van der Waals surface area contributed by atoms with Crippen LogP contribution < -0.4 is 5.32 Å². The number of carbonyl (C=O) groups excluding carboxylic acids is 2. The first-order valence-electron chi connectivity index (χ1n) is 7.15. The van der Waals surface area contributed by atoms with Gasteiger partial charge in [0.25, 0.3) is 0 Å². The Bertz CT molecular complexity index is 414. The van der Waals surface area contributed by atoms with Crippen LogP contribution in [0.15, 0.2) is 0 Å². The fraction of sp³-hybridized carbons (Fsp3) is 0.786. The van der Waals surface area contributed by atoms with Gasteiger partial charge in [0.1, 0.15) is 6.04 Å². The maximum Gasteiger partial charge on any atom is 0.325 e. The highest BCUT2D eigenvalue weighted by atomic mass is 16.4. The minimum Gasteiger partial charge on any atom is -0.480 e. The van der Waals surface area contributed by atoms with Gasteiger partial charge in [0.2, 0.25) is 11.8 Å². The topological polar surface area (TPSA) is 90.0 Å². The van der Waals surface area contributed by atoms with E-state index in [-0.39, 0.29) is 11.8 Å². The van der Waals surface area contributed by atoms with Crippen molar-refractivity contribution in [2.45, 2.75) is 33.7 Å². The zero-order valence-electron chi connectivity index (χ0n) is 13.2. The molecule has 1 aliphatic heterocycles. The molecule has 0 saturated carbocycles. The molecule has 1 atom stereocenters. The number of hydrogen-bond donors (Lipinski definition) is 2. The van der Waals surface area contributed by atoms with Crippen LogP contribution in [0, 0.1) is 5.41 Å². The maximum absolute atomic E-state index is 12.2. The van der Waals surface area contributed by atoms with E-state index in [1.54, 1.807) is 25.7 Å².